The number of rotatable bonds is 6. The molecule has 0 radical (unpaired) electrons. The largest absolute Gasteiger partial charge is 0.228 e. The highest BCUT2D eigenvalue weighted by atomic mass is 14.9. The normalized spacial score (nSPS) is 12.7. The van der Waals surface area contributed by atoms with E-state index in [-0.39, 0.29) is 5.41 Å². The van der Waals surface area contributed by atoms with Gasteiger partial charge in [0.1, 0.15) is 0 Å². The van der Waals surface area contributed by atoms with Crippen molar-refractivity contribution in [1.29, 1.82) is 0 Å². The molecule has 1 aliphatic carbocycles. The van der Waals surface area contributed by atoms with Crippen LogP contribution in [0.2, 0.25) is 0 Å². The van der Waals surface area contributed by atoms with Crippen LogP contribution in [-0.4, -0.2) is 9.97 Å². The smallest absolute Gasteiger partial charge is 0.160 e. The van der Waals surface area contributed by atoms with Gasteiger partial charge in [-0.05, 0) is 73.8 Å². The fraction of sp³-hybridized carbons (Fsp3) is 0.0612. The predicted octanol–water partition coefficient (Wildman–Crippen LogP) is 12.8. The quantitative estimate of drug-likeness (QED) is 0.179. The topological polar surface area (TPSA) is 25.8 Å². The molecule has 1 aliphatic rings. The zero-order chi connectivity index (χ0) is 34.4. The van der Waals surface area contributed by atoms with Gasteiger partial charge in [-0.25, -0.2) is 9.97 Å². The van der Waals surface area contributed by atoms with Crippen LogP contribution in [0.3, 0.4) is 0 Å². The zero-order valence-electron chi connectivity index (χ0n) is 28.7. The summed E-state index contributed by atoms with van der Waals surface area (Å²) in [5.74, 6) is 0.715. The second-order valence-corrected chi connectivity index (χ2v) is 13.9. The van der Waals surface area contributed by atoms with Crippen LogP contribution in [0.4, 0.5) is 0 Å². The molecule has 9 rings (SSSR count). The highest BCUT2D eigenvalue weighted by Crippen LogP contribution is 2.49. The first-order chi connectivity index (χ1) is 25.0. The molecule has 0 fully saturated rings. The van der Waals surface area contributed by atoms with E-state index in [0.717, 1.165) is 28.1 Å². The summed E-state index contributed by atoms with van der Waals surface area (Å²) in [7, 11) is 0. The van der Waals surface area contributed by atoms with E-state index in [0.29, 0.717) is 5.82 Å². The number of nitrogens with zero attached hydrogens (tertiary/aromatic N) is 2. The van der Waals surface area contributed by atoms with Crippen molar-refractivity contribution in [2.45, 2.75) is 19.3 Å². The number of aromatic nitrogens is 2. The average molecular weight is 653 g/mol. The second-order valence-electron chi connectivity index (χ2n) is 13.9. The van der Waals surface area contributed by atoms with Crippen molar-refractivity contribution >= 4 is 0 Å². The lowest BCUT2D eigenvalue weighted by atomic mass is 9.81. The van der Waals surface area contributed by atoms with Gasteiger partial charge in [-0.1, -0.05) is 178 Å². The predicted molar refractivity (Wildman–Crippen MR) is 212 cm³/mol. The molecule has 1 heterocycles. The van der Waals surface area contributed by atoms with Gasteiger partial charge < -0.3 is 0 Å². The Hall–Kier alpha value is -6.38. The van der Waals surface area contributed by atoms with Crippen molar-refractivity contribution in [3.63, 3.8) is 0 Å². The van der Waals surface area contributed by atoms with Gasteiger partial charge in [-0.3, -0.25) is 0 Å². The molecule has 2 nitrogen and oxygen atoms in total. The third-order valence-electron chi connectivity index (χ3n) is 10.3. The monoisotopic (exact) mass is 652 g/mol. The van der Waals surface area contributed by atoms with Gasteiger partial charge in [-0.15, -0.1) is 0 Å². The van der Waals surface area contributed by atoms with Gasteiger partial charge in [0.2, 0.25) is 0 Å². The summed E-state index contributed by atoms with van der Waals surface area (Å²) in [6.45, 7) is 4.68. The van der Waals surface area contributed by atoms with Crippen molar-refractivity contribution < 1.29 is 0 Å². The number of fused-ring (bicyclic) bond motifs is 3. The molecule has 7 aromatic carbocycles. The van der Waals surface area contributed by atoms with Crippen molar-refractivity contribution in [3.05, 3.63) is 193 Å². The van der Waals surface area contributed by atoms with E-state index in [1.54, 1.807) is 0 Å². The zero-order valence-corrected chi connectivity index (χ0v) is 28.7. The average Bonchev–Trinajstić information content (AvgIpc) is 3.44. The van der Waals surface area contributed by atoms with Gasteiger partial charge in [0.05, 0.1) is 11.4 Å². The Bertz CT molecular complexity index is 2510. The van der Waals surface area contributed by atoms with Crippen LogP contribution in [-0.2, 0) is 5.41 Å². The van der Waals surface area contributed by atoms with Crippen molar-refractivity contribution in [1.82, 2.24) is 9.97 Å². The molecular formula is C49H36N2. The first-order valence-electron chi connectivity index (χ1n) is 17.6. The highest BCUT2D eigenvalue weighted by Gasteiger charge is 2.35. The van der Waals surface area contributed by atoms with Crippen molar-refractivity contribution in [3.8, 4) is 78.4 Å². The molecule has 0 N–H and O–H groups in total. The van der Waals surface area contributed by atoms with Crippen LogP contribution in [0.1, 0.15) is 25.0 Å². The Morgan fingerprint density at radius 1 is 0.314 bits per heavy atom. The van der Waals surface area contributed by atoms with Crippen LogP contribution in [0.15, 0.2) is 182 Å². The molecule has 2 heteroatoms. The van der Waals surface area contributed by atoms with E-state index >= 15 is 0 Å². The van der Waals surface area contributed by atoms with Gasteiger partial charge >= 0.3 is 0 Å². The molecule has 0 saturated carbocycles. The Morgan fingerprint density at radius 3 is 1.39 bits per heavy atom. The first kappa shape index (κ1) is 30.7. The number of benzene rings is 7. The molecule has 51 heavy (non-hydrogen) atoms. The van der Waals surface area contributed by atoms with E-state index < -0.39 is 0 Å². The molecule has 0 amide bonds. The van der Waals surface area contributed by atoms with Gasteiger partial charge in [0.15, 0.2) is 5.82 Å². The third kappa shape index (κ3) is 5.65. The fourth-order valence-electron chi connectivity index (χ4n) is 7.52. The molecule has 0 saturated heterocycles. The van der Waals surface area contributed by atoms with Gasteiger partial charge in [0.25, 0.3) is 0 Å². The fourth-order valence-corrected chi connectivity index (χ4v) is 7.52. The molecule has 8 aromatic rings. The lowest BCUT2D eigenvalue weighted by molar-refractivity contribution is 0.660. The van der Waals surface area contributed by atoms with Crippen LogP contribution in [0.25, 0.3) is 78.4 Å². The van der Waals surface area contributed by atoms with Crippen LogP contribution < -0.4 is 0 Å². The minimum absolute atomic E-state index is 0.0256. The molecule has 0 unspecified atom stereocenters. The van der Waals surface area contributed by atoms with E-state index in [1.165, 1.54) is 55.6 Å². The lowest BCUT2D eigenvalue weighted by Crippen LogP contribution is -2.14. The van der Waals surface area contributed by atoms with Gasteiger partial charge in [-0.2, -0.15) is 0 Å². The summed E-state index contributed by atoms with van der Waals surface area (Å²) in [4.78, 5) is 10.1. The Labute approximate surface area is 299 Å². The third-order valence-corrected chi connectivity index (χ3v) is 10.3. The van der Waals surface area contributed by atoms with Crippen molar-refractivity contribution in [2.24, 2.45) is 0 Å². The van der Waals surface area contributed by atoms with Crippen molar-refractivity contribution in [2.75, 3.05) is 0 Å². The molecule has 242 valence electrons. The molecule has 0 aliphatic heterocycles. The summed E-state index contributed by atoms with van der Waals surface area (Å²) in [6.07, 6.45) is 0. The standard InChI is InChI=1S/C49H36N2/c1-49(2)44-19-10-9-18-42(44)43-29-28-41(31-45(43)49)40-17-11-16-39(30-40)35-22-26-37(27-23-35)47-32-46(50-48(51-47)38-14-7-4-8-15-38)36-24-20-34(21-25-36)33-12-5-3-6-13-33/h3-32H,1-2H3. The maximum Gasteiger partial charge on any atom is 0.160 e. The minimum atomic E-state index is -0.0256. The highest BCUT2D eigenvalue weighted by molar-refractivity contribution is 5.84. The van der Waals surface area contributed by atoms with E-state index in [1.807, 2.05) is 24.3 Å². The van der Waals surface area contributed by atoms with Crippen LogP contribution in [0.5, 0.6) is 0 Å². The van der Waals surface area contributed by atoms with Crippen LogP contribution >= 0.6 is 0 Å². The second kappa shape index (κ2) is 12.5. The first-order valence-corrected chi connectivity index (χ1v) is 17.6. The molecular weight excluding hydrogens is 617 g/mol. The lowest BCUT2D eigenvalue weighted by Gasteiger charge is -2.22. The molecule has 0 spiro atoms. The summed E-state index contributed by atoms with van der Waals surface area (Å²) in [6, 6.07) is 64.9. The van der Waals surface area contributed by atoms with Gasteiger partial charge in [0, 0.05) is 22.1 Å². The maximum atomic E-state index is 5.06. The Kier molecular flexibility index (Phi) is 7.51. The summed E-state index contributed by atoms with van der Waals surface area (Å²) in [5.41, 5.74) is 17.6. The number of hydrogen-bond donors (Lipinski definition) is 0. The Balaban J connectivity index is 1.04. The number of hydrogen-bond acceptors (Lipinski definition) is 2. The van der Waals surface area contributed by atoms with Crippen LogP contribution in [0, 0.1) is 0 Å². The Morgan fingerprint density at radius 2 is 0.745 bits per heavy atom. The SMILES string of the molecule is CC1(C)c2ccccc2-c2ccc(-c3cccc(-c4ccc(-c5cc(-c6ccc(-c7ccccc7)cc6)nc(-c6ccccc6)n5)cc4)c3)cc21. The minimum Gasteiger partial charge on any atom is -0.228 e. The molecule has 1 aromatic heterocycles. The van der Waals surface area contributed by atoms with E-state index in [2.05, 4.69) is 172 Å². The molecule has 0 bridgehead atoms. The summed E-state index contributed by atoms with van der Waals surface area (Å²) < 4.78 is 0. The summed E-state index contributed by atoms with van der Waals surface area (Å²) >= 11 is 0. The maximum absolute atomic E-state index is 5.06. The van der Waals surface area contributed by atoms with E-state index in [9.17, 15) is 0 Å². The molecule has 0 atom stereocenters. The summed E-state index contributed by atoms with van der Waals surface area (Å²) in [5, 5.41) is 0. The van der Waals surface area contributed by atoms with E-state index in [4.69, 9.17) is 9.97 Å².